The van der Waals surface area contributed by atoms with E-state index in [-0.39, 0.29) is 4.90 Å². The third-order valence-electron chi connectivity index (χ3n) is 3.68. The molecule has 0 aliphatic carbocycles. The monoisotopic (exact) mass is 301 g/mol. The zero-order valence-corrected chi connectivity index (χ0v) is 12.5. The molecule has 0 bridgehead atoms. The van der Waals surface area contributed by atoms with Crippen LogP contribution in [0.5, 0.6) is 0 Å². The summed E-state index contributed by atoms with van der Waals surface area (Å²) in [4.78, 5) is -0.0393. The molecule has 4 nitrogen and oxygen atoms in total. The summed E-state index contributed by atoms with van der Waals surface area (Å²) in [5.41, 5.74) is 0.564. The summed E-state index contributed by atoms with van der Waals surface area (Å²) in [6, 6.07) is 3.36. The molecule has 1 aromatic rings. The minimum atomic E-state index is -3.77. The van der Waals surface area contributed by atoms with E-state index < -0.39 is 28.0 Å². The highest BCUT2D eigenvalue weighted by atomic mass is 32.2. The predicted molar refractivity (Wildman–Crippen MR) is 74.3 cm³/mol. The van der Waals surface area contributed by atoms with E-state index in [1.807, 2.05) is 0 Å². The summed E-state index contributed by atoms with van der Waals surface area (Å²) in [5, 5.41) is 9.79. The highest BCUT2D eigenvalue weighted by molar-refractivity contribution is 7.89. The maximum atomic E-state index is 13.4. The first-order valence-electron chi connectivity index (χ1n) is 6.79. The Morgan fingerprint density at radius 1 is 1.35 bits per heavy atom. The Kier molecular flexibility index (Phi) is 4.46. The molecule has 1 fully saturated rings. The maximum absolute atomic E-state index is 13.4. The molecule has 20 heavy (non-hydrogen) atoms. The van der Waals surface area contributed by atoms with Crippen LogP contribution in [0.15, 0.2) is 23.1 Å². The highest BCUT2D eigenvalue weighted by Gasteiger charge is 2.36. The predicted octanol–water partition coefficient (Wildman–Crippen LogP) is 2.06. The van der Waals surface area contributed by atoms with Crippen LogP contribution in [-0.2, 0) is 10.0 Å². The summed E-state index contributed by atoms with van der Waals surface area (Å²) in [7, 11) is -3.77. The van der Waals surface area contributed by atoms with Crippen molar-refractivity contribution in [1.29, 1.82) is 0 Å². The Morgan fingerprint density at radius 3 is 2.65 bits per heavy atom. The quantitative estimate of drug-likeness (QED) is 0.929. The van der Waals surface area contributed by atoms with Crippen molar-refractivity contribution >= 4 is 10.0 Å². The molecule has 1 aliphatic heterocycles. The third kappa shape index (κ3) is 3.02. The minimum absolute atomic E-state index is 0.0393. The average molecular weight is 301 g/mol. The second-order valence-electron chi connectivity index (χ2n) is 5.38. The van der Waals surface area contributed by atoms with Crippen LogP contribution >= 0.6 is 0 Å². The first-order chi connectivity index (χ1) is 9.32. The lowest BCUT2D eigenvalue weighted by Gasteiger charge is -2.36. The zero-order chi connectivity index (χ0) is 14.9. The van der Waals surface area contributed by atoms with E-state index in [0.29, 0.717) is 18.5 Å². The molecular formula is C14H20FNO3S. The summed E-state index contributed by atoms with van der Waals surface area (Å²) in [6.45, 7) is 3.62. The lowest BCUT2D eigenvalue weighted by Crippen LogP contribution is -2.48. The Bertz CT molecular complexity index is 566. The van der Waals surface area contributed by atoms with E-state index in [4.69, 9.17) is 0 Å². The molecule has 0 unspecified atom stereocenters. The summed E-state index contributed by atoms with van der Waals surface area (Å²) in [6.07, 6.45) is 1.55. The van der Waals surface area contributed by atoms with E-state index in [0.717, 1.165) is 18.9 Å². The van der Waals surface area contributed by atoms with Crippen LogP contribution in [0, 0.1) is 12.7 Å². The Balaban J connectivity index is 2.42. The second kappa shape index (κ2) is 5.79. The number of aliphatic hydroxyl groups excluding tert-OH is 1. The Hall–Kier alpha value is -0.980. The number of aliphatic hydroxyl groups is 1. The van der Waals surface area contributed by atoms with Gasteiger partial charge in [-0.3, -0.25) is 0 Å². The standard InChI is InChI=1S/C14H20FNO3S/c1-10-7-12(15)9-13(8-10)20(18,19)16-6-4-3-5-14(16)11(2)17/h7-9,11,14,17H,3-6H2,1-2H3/t11-,14-/m0/s1. The van der Waals surface area contributed by atoms with Crippen LogP contribution in [-0.4, -0.2) is 36.5 Å². The molecule has 0 spiro atoms. The topological polar surface area (TPSA) is 57.6 Å². The van der Waals surface area contributed by atoms with E-state index in [2.05, 4.69) is 0 Å². The molecule has 1 aromatic carbocycles. The van der Waals surface area contributed by atoms with Gasteiger partial charge in [-0.15, -0.1) is 0 Å². The lowest BCUT2D eigenvalue weighted by molar-refractivity contribution is 0.0831. The molecule has 1 heterocycles. The van der Waals surface area contributed by atoms with Crippen molar-refractivity contribution in [3.05, 3.63) is 29.6 Å². The van der Waals surface area contributed by atoms with Crippen LogP contribution in [0.3, 0.4) is 0 Å². The molecule has 0 radical (unpaired) electrons. The number of aryl methyl sites for hydroxylation is 1. The van der Waals surface area contributed by atoms with Crippen LogP contribution in [0.1, 0.15) is 31.7 Å². The van der Waals surface area contributed by atoms with Gasteiger partial charge < -0.3 is 5.11 Å². The zero-order valence-electron chi connectivity index (χ0n) is 11.7. The third-order valence-corrected chi connectivity index (χ3v) is 5.58. The Morgan fingerprint density at radius 2 is 2.05 bits per heavy atom. The molecule has 1 aliphatic rings. The van der Waals surface area contributed by atoms with Gasteiger partial charge >= 0.3 is 0 Å². The van der Waals surface area contributed by atoms with Crippen LogP contribution < -0.4 is 0 Å². The molecule has 2 rings (SSSR count). The largest absolute Gasteiger partial charge is 0.392 e. The normalized spacial score (nSPS) is 22.7. The van der Waals surface area contributed by atoms with Crippen LogP contribution in [0.2, 0.25) is 0 Å². The van der Waals surface area contributed by atoms with E-state index in [1.54, 1.807) is 13.8 Å². The van der Waals surface area contributed by atoms with E-state index >= 15 is 0 Å². The first-order valence-corrected chi connectivity index (χ1v) is 8.23. The fourth-order valence-corrected chi connectivity index (χ4v) is 4.57. The molecular weight excluding hydrogens is 281 g/mol. The van der Waals surface area contributed by atoms with Gasteiger partial charge in [-0.05, 0) is 50.5 Å². The van der Waals surface area contributed by atoms with Gasteiger partial charge in [0.1, 0.15) is 5.82 Å². The fraction of sp³-hybridized carbons (Fsp3) is 0.571. The SMILES string of the molecule is Cc1cc(F)cc(S(=O)(=O)N2CCCC[C@H]2[C@H](C)O)c1. The van der Waals surface area contributed by atoms with Gasteiger partial charge in [-0.25, -0.2) is 12.8 Å². The van der Waals surface area contributed by atoms with Crippen molar-refractivity contribution in [2.75, 3.05) is 6.54 Å². The Labute approximate surface area is 119 Å². The van der Waals surface area contributed by atoms with E-state index in [1.165, 1.54) is 16.4 Å². The molecule has 1 saturated heterocycles. The summed E-state index contributed by atoms with van der Waals surface area (Å²) in [5.74, 6) is -0.561. The van der Waals surface area contributed by atoms with Gasteiger partial charge in [0, 0.05) is 6.54 Å². The lowest BCUT2D eigenvalue weighted by atomic mass is 10.0. The molecule has 1 N–H and O–H groups in total. The van der Waals surface area contributed by atoms with Crippen molar-refractivity contribution < 1.29 is 17.9 Å². The first kappa shape index (κ1) is 15.4. The van der Waals surface area contributed by atoms with Crippen LogP contribution in [0.4, 0.5) is 4.39 Å². The molecule has 0 amide bonds. The molecule has 112 valence electrons. The number of rotatable bonds is 3. The van der Waals surface area contributed by atoms with E-state index in [9.17, 15) is 17.9 Å². The number of sulfonamides is 1. The second-order valence-corrected chi connectivity index (χ2v) is 7.27. The molecule has 0 aromatic heterocycles. The summed E-state index contributed by atoms with van der Waals surface area (Å²) >= 11 is 0. The molecule has 6 heteroatoms. The molecule has 2 atom stereocenters. The van der Waals surface area contributed by atoms with Gasteiger partial charge in [0.2, 0.25) is 10.0 Å². The van der Waals surface area contributed by atoms with Crippen molar-refractivity contribution in [2.45, 2.75) is 50.2 Å². The number of hydrogen-bond acceptors (Lipinski definition) is 3. The van der Waals surface area contributed by atoms with Crippen molar-refractivity contribution in [3.63, 3.8) is 0 Å². The maximum Gasteiger partial charge on any atom is 0.243 e. The van der Waals surface area contributed by atoms with Crippen molar-refractivity contribution in [1.82, 2.24) is 4.31 Å². The number of hydrogen-bond donors (Lipinski definition) is 1. The van der Waals surface area contributed by atoms with Crippen LogP contribution in [0.25, 0.3) is 0 Å². The van der Waals surface area contributed by atoms with Gasteiger partial charge in [0.15, 0.2) is 0 Å². The fourth-order valence-electron chi connectivity index (χ4n) is 2.70. The molecule has 0 saturated carbocycles. The number of piperidine rings is 1. The highest BCUT2D eigenvalue weighted by Crippen LogP contribution is 2.27. The minimum Gasteiger partial charge on any atom is -0.392 e. The average Bonchev–Trinajstić information content (AvgIpc) is 2.37. The van der Waals surface area contributed by atoms with Crippen molar-refractivity contribution in [3.8, 4) is 0 Å². The number of benzene rings is 1. The van der Waals surface area contributed by atoms with Gasteiger partial charge in [-0.2, -0.15) is 4.31 Å². The van der Waals surface area contributed by atoms with Crippen molar-refractivity contribution in [2.24, 2.45) is 0 Å². The van der Waals surface area contributed by atoms with Gasteiger partial charge in [0.25, 0.3) is 0 Å². The number of halogens is 1. The van der Waals surface area contributed by atoms with Gasteiger partial charge in [-0.1, -0.05) is 6.42 Å². The number of nitrogens with zero attached hydrogens (tertiary/aromatic N) is 1. The smallest absolute Gasteiger partial charge is 0.243 e. The van der Waals surface area contributed by atoms with Gasteiger partial charge in [0.05, 0.1) is 17.0 Å². The summed E-state index contributed by atoms with van der Waals surface area (Å²) < 4.78 is 40.1.